The second-order valence-electron chi connectivity index (χ2n) is 7.67. The van der Waals surface area contributed by atoms with Crippen LogP contribution in [0.5, 0.6) is 5.75 Å². The third kappa shape index (κ3) is 3.08. The molecule has 160 valence electrons. The number of hydrogen-bond acceptors (Lipinski definition) is 5. The Labute approximate surface area is 184 Å². The molecule has 0 spiro atoms. The lowest BCUT2D eigenvalue weighted by Gasteiger charge is -2.11. The fourth-order valence-corrected chi connectivity index (χ4v) is 4.06. The van der Waals surface area contributed by atoms with Crippen LogP contribution in [0.1, 0.15) is 11.3 Å². The molecule has 0 aliphatic rings. The van der Waals surface area contributed by atoms with Crippen LogP contribution in [-0.2, 0) is 7.05 Å². The second kappa shape index (κ2) is 7.49. The van der Waals surface area contributed by atoms with Gasteiger partial charge >= 0.3 is 0 Å². The van der Waals surface area contributed by atoms with E-state index in [-0.39, 0.29) is 5.56 Å². The normalized spacial score (nSPS) is 11.2. The molecule has 4 aromatic heterocycles. The number of methoxy groups -OCH3 is 1. The molecule has 0 aliphatic carbocycles. The van der Waals surface area contributed by atoms with Crippen LogP contribution in [0.25, 0.3) is 39.5 Å². The van der Waals surface area contributed by atoms with Crippen LogP contribution in [0, 0.1) is 13.8 Å². The molecule has 1 N–H and O–H groups in total. The van der Waals surface area contributed by atoms with E-state index in [1.807, 2.05) is 74.3 Å². The highest BCUT2D eigenvalue weighted by molar-refractivity contribution is 5.94. The minimum absolute atomic E-state index is 0.261. The number of hydrogen-bond donors (Lipinski definition) is 1. The molecule has 0 bridgehead atoms. The van der Waals surface area contributed by atoms with Crippen LogP contribution in [0.2, 0.25) is 0 Å². The van der Waals surface area contributed by atoms with E-state index in [1.165, 1.54) is 0 Å². The summed E-state index contributed by atoms with van der Waals surface area (Å²) in [6.45, 7) is 3.93. The fraction of sp³-hybridized carbons (Fsp3) is 0.167. The smallest absolute Gasteiger partial charge is 0.276 e. The van der Waals surface area contributed by atoms with Gasteiger partial charge in [-0.2, -0.15) is 0 Å². The minimum Gasteiger partial charge on any atom is -0.496 e. The largest absolute Gasteiger partial charge is 0.496 e. The molecule has 5 rings (SSSR count). The number of imidazole rings is 1. The lowest BCUT2D eigenvalue weighted by Crippen LogP contribution is -2.15. The number of rotatable bonds is 4. The molecule has 1 aromatic carbocycles. The minimum atomic E-state index is -0.261. The van der Waals surface area contributed by atoms with E-state index in [0.717, 1.165) is 33.7 Å². The molecule has 0 amide bonds. The Morgan fingerprint density at radius 1 is 1.06 bits per heavy atom. The summed E-state index contributed by atoms with van der Waals surface area (Å²) in [7, 11) is 3.51. The van der Waals surface area contributed by atoms with Crippen molar-refractivity contribution in [3.05, 3.63) is 76.6 Å². The Bertz CT molecular complexity index is 1530. The molecular weight excluding hydrogens is 404 g/mol. The van der Waals surface area contributed by atoms with Gasteiger partial charge in [-0.25, -0.2) is 9.50 Å². The van der Waals surface area contributed by atoms with Gasteiger partial charge in [-0.05, 0) is 43.2 Å². The van der Waals surface area contributed by atoms with Gasteiger partial charge in [0.05, 0.1) is 12.8 Å². The Morgan fingerprint density at radius 2 is 1.88 bits per heavy atom. The number of nitrogens with one attached hydrogen (secondary N) is 1. The molecule has 8 heteroatoms. The van der Waals surface area contributed by atoms with Gasteiger partial charge < -0.3 is 14.3 Å². The number of aromatic nitrogens is 6. The number of aryl methyl sites for hydroxylation is 2. The van der Waals surface area contributed by atoms with Crippen LogP contribution < -0.4 is 10.3 Å². The molecular formula is C24H22N6O2. The molecule has 32 heavy (non-hydrogen) atoms. The molecule has 0 saturated carbocycles. The number of nitrogens with zero attached hydrogens (tertiary/aromatic N) is 5. The number of benzene rings is 1. The summed E-state index contributed by atoms with van der Waals surface area (Å²) < 4.78 is 8.96. The summed E-state index contributed by atoms with van der Waals surface area (Å²) in [6.07, 6.45) is 5.35. The average Bonchev–Trinajstić information content (AvgIpc) is 3.37. The first-order valence-corrected chi connectivity index (χ1v) is 10.2. The summed E-state index contributed by atoms with van der Waals surface area (Å²) in [6, 6.07) is 11.7. The first kappa shape index (κ1) is 19.7. The SMILES string of the molecule is COc1cccc(-c2cn3nc(-c4nccn4C)[nH]c(=O)c3c2-c2cccc(C)n2)c1C. The van der Waals surface area contributed by atoms with Gasteiger partial charge in [-0.3, -0.25) is 9.78 Å². The maximum atomic E-state index is 13.3. The summed E-state index contributed by atoms with van der Waals surface area (Å²) in [5.74, 6) is 1.74. The van der Waals surface area contributed by atoms with Crippen molar-refractivity contribution >= 4 is 5.52 Å². The lowest BCUT2D eigenvalue weighted by molar-refractivity contribution is 0.412. The van der Waals surface area contributed by atoms with E-state index in [4.69, 9.17) is 9.72 Å². The van der Waals surface area contributed by atoms with Crippen molar-refractivity contribution in [2.45, 2.75) is 13.8 Å². The van der Waals surface area contributed by atoms with E-state index in [1.54, 1.807) is 17.8 Å². The van der Waals surface area contributed by atoms with Gasteiger partial charge in [0.15, 0.2) is 11.6 Å². The number of ether oxygens (including phenoxy) is 1. The summed E-state index contributed by atoms with van der Waals surface area (Å²) in [4.78, 5) is 25.3. The Hall–Kier alpha value is -4.20. The topological polar surface area (TPSA) is 90.1 Å². The summed E-state index contributed by atoms with van der Waals surface area (Å²) >= 11 is 0. The Kier molecular flexibility index (Phi) is 4.62. The van der Waals surface area contributed by atoms with Gasteiger partial charge in [0.25, 0.3) is 5.56 Å². The van der Waals surface area contributed by atoms with E-state index in [0.29, 0.717) is 22.9 Å². The molecule has 0 saturated heterocycles. The predicted octanol–water partition coefficient (Wildman–Crippen LogP) is 3.78. The highest BCUT2D eigenvalue weighted by atomic mass is 16.5. The van der Waals surface area contributed by atoms with Crippen molar-refractivity contribution in [1.82, 2.24) is 29.1 Å². The summed E-state index contributed by atoms with van der Waals surface area (Å²) in [5, 5.41) is 4.69. The maximum Gasteiger partial charge on any atom is 0.276 e. The number of pyridine rings is 1. The third-order valence-electron chi connectivity index (χ3n) is 5.61. The first-order chi connectivity index (χ1) is 15.5. The predicted molar refractivity (Wildman–Crippen MR) is 123 cm³/mol. The molecule has 8 nitrogen and oxygen atoms in total. The van der Waals surface area contributed by atoms with Gasteiger partial charge in [-0.15, -0.1) is 5.10 Å². The van der Waals surface area contributed by atoms with Gasteiger partial charge in [0.1, 0.15) is 11.3 Å². The zero-order valence-electron chi connectivity index (χ0n) is 18.2. The molecule has 4 heterocycles. The Morgan fingerprint density at radius 3 is 2.59 bits per heavy atom. The average molecular weight is 426 g/mol. The third-order valence-corrected chi connectivity index (χ3v) is 5.61. The van der Waals surface area contributed by atoms with Crippen molar-refractivity contribution < 1.29 is 4.74 Å². The highest BCUT2D eigenvalue weighted by Crippen LogP contribution is 2.38. The van der Waals surface area contributed by atoms with E-state index < -0.39 is 0 Å². The zero-order valence-corrected chi connectivity index (χ0v) is 18.2. The van der Waals surface area contributed by atoms with Crippen molar-refractivity contribution in [3.63, 3.8) is 0 Å². The van der Waals surface area contributed by atoms with Gasteiger partial charge in [-0.1, -0.05) is 18.2 Å². The Balaban J connectivity index is 1.87. The van der Waals surface area contributed by atoms with E-state index in [9.17, 15) is 4.79 Å². The van der Waals surface area contributed by atoms with Crippen molar-refractivity contribution in [1.29, 1.82) is 0 Å². The molecule has 0 aliphatic heterocycles. The van der Waals surface area contributed by atoms with Crippen LogP contribution >= 0.6 is 0 Å². The van der Waals surface area contributed by atoms with Gasteiger partial charge in [0, 0.05) is 42.5 Å². The molecule has 0 fully saturated rings. The number of aromatic amines is 1. The number of fused-ring (bicyclic) bond motifs is 1. The van der Waals surface area contributed by atoms with E-state index >= 15 is 0 Å². The van der Waals surface area contributed by atoms with Crippen LogP contribution in [0.3, 0.4) is 0 Å². The summed E-state index contributed by atoms with van der Waals surface area (Å²) in [5.41, 5.74) is 5.25. The maximum absolute atomic E-state index is 13.3. The zero-order chi connectivity index (χ0) is 22.4. The van der Waals surface area contributed by atoms with Crippen LogP contribution in [0.15, 0.2) is 59.8 Å². The molecule has 0 atom stereocenters. The van der Waals surface area contributed by atoms with Crippen molar-refractivity contribution in [3.8, 4) is 39.8 Å². The van der Waals surface area contributed by atoms with E-state index in [2.05, 4.69) is 15.1 Å². The quantitative estimate of drug-likeness (QED) is 0.472. The van der Waals surface area contributed by atoms with Crippen LogP contribution in [0.4, 0.5) is 0 Å². The molecule has 5 aromatic rings. The first-order valence-electron chi connectivity index (χ1n) is 10.2. The molecule has 0 unspecified atom stereocenters. The fourth-order valence-electron chi connectivity index (χ4n) is 4.06. The lowest BCUT2D eigenvalue weighted by atomic mass is 9.96. The van der Waals surface area contributed by atoms with Crippen molar-refractivity contribution in [2.75, 3.05) is 7.11 Å². The number of H-pyrrole nitrogens is 1. The second-order valence-corrected chi connectivity index (χ2v) is 7.67. The molecule has 0 radical (unpaired) electrons. The van der Waals surface area contributed by atoms with Gasteiger partial charge in [0.2, 0.25) is 0 Å². The monoisotopic (exact) mass is 426 g/mol. The highest BCUT2D eigenvalue weighted by Gasteiger charge is 2.22. The van der Waals surface area contributed by atoms with Crippen LogP contribution in [-0.4, -0.2) is 36.2 Å². The van der Waals surface area contributed by atoms with Crippen molar-refractivity contribution in [2.24, 2.45) is 7.05 Å². The standard InChI is InChI=1S/C24H22N6O2/c1-14-7-5-9-18(26-14)20-17(16-8-6-10-19(32-4)15(16)2)13-30-21(20)24(31)27-22(28-30)23-25-11-12-29(23)3/h5-13H,1-4H3,(H,27,28,31).